The summed E-state index contributed by atoms with van der Waals surface area (Å²) < 4.78 is 11.6. The molecule has 20 heavy (non-hydrogen) atoms. The van der Waals surface area contributed by atoms with Gasteiger partial charge in [0.05, 0.1) is 13.2 Å². The van der Waals surface area contributed by atoms with Crippen molar-refractivity contribution in [3.63, 3.8) is 0 Å². The van der Waals surface area contributed by atoms with E-state index in [-0.39, 0.29) is 6.04 Å². The monoisotopic (exact) mass is 277 g/mol. The van der Waals surface area contributed by atoms with E-state index in [2.05, 4.69) is 6.07 Å². The first kappa shape index (κ1) is 15.2. The third-order valence-electron chi connectivity index (χ3n) is 3.91. The zero-order valence-corrected chi connectivity index (χ0v) is 12.7. The summed E-state index contributed by atoms with van der Waals surface area (Å²) in [4.78, 5) is 0. The maximum atomic E-state index is 6.26. The average Bonchev–Trinajstić information content (AvgIpc) is 2.69. The van der Waals surface area contributed by atoms with Gasteiger partial charge in [-0.3, -0.25) is 0 Å². The summed E-state index contributed by atoms with van der Waals surface area (Å²) in [5.41, 5.74) is 7.10. The van der Waals surface area contributed by atoms with E-state index in [1.54, 1.807) is 7.11 Å². The van der Waals surface area contributed by atoms with E-state index < -0.39 is 0 Å². The molecule has 0 aliphatic heterocycles. The highest BCUT2D eigenvalue weighted by Gasteiger charge is 2.16. The molecule has 0 bridgehead atoms. The molecule has 3 nitrogen and oxygen atoms in total. The van der Waals surface area contributed by atoms with Crippen molar-refractivity contribution in [3.8, 4) is 11.5 Å². The van der Waals surface area contributed by atoms with Crippen molar-refractivity contribution in [2.45, 2.75) is 64.0 Å². The summed E-state index contributed by atoms with van der Waals surface area (Å²) >= 11 is 0. The average molecular weight is 277 g/mol. The van der Waals surface area contributed by atoms with E-state index in [0.717, 1.165) is 23.5 Å². The molecule has 2 rings (SSSR count). The SMILES string of the molecule is COc1ccc(OC2CCCCCC2)c(CC(C)N)c1. The Morgan fingerprint density at radius 2 is 1.90 bits per heavy atom. The van der Waals surface area contributed by atoms with Gasteiger partial charge in [0, 0.05) is 6.04 Å². The van der Waals surface area contributed by atoms with Crippen LogP contribution < -0.4 is 15.2 Å². The van der Waals surface area contributed by atoms with E-state index in [1.807, 2.05) is 19.1 Å². The van der Waals surface area contributed by atoms with Gasteiger partial charge in [0.2, 0.25) is 0 Å². The first-order chi connectivity index (χ1) is 9.69. The minimum Gasteiger partial charge on any atom is -0.497 e. The van der Waals surface area contributed by atoms with Crippen molar-refractivity contribution in [3.05, 3.63) is 23.8 Å². The fourth-order valence-corrected chi connectivity index (χ4v) is 2.84. The standard InChI is InChI=1S/C17H27NO2/c1-13(18)11-14-12-16(19-2)9-10-17(14)20-15-7-5-3-4-6-8-15/h9-10,12-13,15H,3-8,11,18H2,1-2H3. The molecule has 0 aromatic heterocycles. The molecule has 1 unspecified atom stereocenters. The van der Waals surface area contributed by atoms with Crippen LogP contribution in [0.15, 0.2) is 18.2 Å². The van der Waals surface area contributed by atoms with Crippen molar-refractivity contribution >= 4 is 0 Å². The summed E-state index contributed by atoms with van der Waals surface area (Å²) in [6, 6.07) is 6.17. The van der Waals surface area contributed by atoms with Crippen molar-refractivity contribution in [2.24, 2.45) is 5.73 Å². The second kappa shape index (κ2) is 7.53. The Balaban J connectivity index is 2.11. The summed E-state index contributed by atoms with van der Waals surface area (Å²) in [6.07, 6.45) is 8.77. The third-order valence-corrected chi connectivity index (χ3v) is 3.91. The lowest BCUT2D eigenvalue weighted by atomic mass is 10.1. The number of hydrogen-bond acceptors (Lipinski definition) is 3. The van der Waals surface area contributed by atoms with Crippen LogP contribution in [0.1, 0.15) is 51.0 Å². The quantitative estimate of drug-likeness (QED) is 0.835. The van der Waals surface area contributed by atoms with Crippen molar-refractivity contribution < 1.29 is 9.47 Å². The molecule has 1 aromatic carbocycles. The summed E-state index contributed by atoms with van der Waals surface area (Å²) in [7, 11) is 1.69. The Kier molecular flexibility index (Phi) is 5.72. The second-order valence-corrected chi connectivity index (χ2v) is 5.89. The molecule has 1 atom stereocenters. The number of hydrogen-bond donors (Lipinski definition) is 1. The minimum atomic E-state index is 0.124. The first-order valence-corrected chi connectivity index (χ1v) is 7.78. The number of methoxy groups -OCH3 is 1. The maximum absolute atomic E-state index is 6.26. The first-order valence-electron chi connectivity index (χ1n) is 7.78. The predicted octanol–water partition coefficient (Wildman–Crippen LogP) is 3.69. The Morgan fingerprint density at radius 1 is 1.20 bits per heavy atom. The van der Waals surface area contributed by atoms with Gasteiger partial charge in [0.15, 0.2) is 0 Å². The Labute approximate surface area is 122 Å². The highest BCUT2D eigenvalue weighted by molar-refractivity contribution is 5.41. The summed E-state index contributed by atoms with van der Waals surface area (Å²) in [5, 5.41) is 0. The number of rotatable bonds is 5. The highest BCUT2D eigenvalue weighted by atomic mass is 16.5. The molecule has 1 aliphatic rings. The van der Waals surface area contributed by atoms with Crippen LogP contribution in [0.25, 0.3) is 0 Å². The molecule has 1 aliphatic carbocycles. The largest absolute Gasteiger partial charge is 0.497 e. The molecular formula is C17H27NO2. The lowest BCUT2D eigenvalue weighted by molar-refractivity contribution is 0.181. The molecule has 2 N–H and O–H groups in total. The molecule has 3 heteroatoms. The molecule has 0 radical (unpaired) electrons. The van der Waals surface area contributed by atoms with Gasteiger partial charge in [-0.15, -0.1) is 0 Å². The van der Waals surface area contributed by atoms with E-state index in [1.165, 1.54) is 38.5 Å². The van der Waals surface area contributed by atoms with Gasteiger partial charge in [0.25, 0.3) is 0 Å². The Morgan fingerprint density at radius 3 is 2.50 bits per heavy atom. The normalized spacial score (nSPS) is 18.4. The number of benzene rings is 1. The third kappa shape index (κ3) is 4.41. The highest BCUT2D eigenvalue weighted by Crippen LogP contribution is 2.29. The molecule has 112 valence electrons. The van der Waals surface area contributed by atoms with Gasteiger partial charge in [-0.05, 0) is 62.8 Å². The van der Waals surface area contributed by atoms with E-state index in [0.29, 0.717) is 6.10 Å². The van der Waals surface area contributed by atoms with Crippen LogP contribution in [0, 0.1) is 0 Å². The second-order valence-electron chi connectivity index (χ2n) is 5.89. The fourth-order valence-electron chi connectivity index (χ4n) is 2.84. The molecular weight excluding hydrogens is 250 g/mol. The molecule has 1 fully saturated rings. The van der Waals surface area contributed by atoms with Crippen molar-refractivity contribution in [1.82, 2.24) is 0 Å². The summed E-state index contributed by atoms with van der Waals surface area (Å²) in [5.74, 6) is 1.85. The number of nitrogens with two attached hydrogens (primary N) is 1. The molecule has 1 aromatic rings. The van der Waals surface area contributed by atoms with Crippen LogP contribution in [0.4, 0.5) is 0 Å². The molecule has 0 amide bonds. The zero-order valence-electron chi connectivity index (χ0n) is 12.7. The maximum Gasteiger partial charge on any atom is 0.123 e. The Hall–Kier alpha value is -1.22. The number of ether oxygens (including phenoxy) is 2. The van der Waals surface area contributed by atoms with Gasteiger partial charge in [-0.1, -0.05) is 12.8 Å². The van der Waals surface area contributed by atoms with Crippen molar-refractivity contribution in [1.29, 1.82) is 0 Å². The lowest BCUT2D eigenvalue weighted by Gasteiger charge is -2.20. The molecule has 0 heterocycles. The predicted molar refractivity (Wildman–Crippen MR) is 82.5 cm³/mol. The summed E-state index contributed by atoms with van der Waals surface area (Å²) in [6.45, 7) is 2.02. The van der Waals surface area contributed by atoms with Gasteiger partial charge >= 0.3 is 0 Å². The van der Waals surface area contributed by atoms with Crippen LogP contribution in [0.5, 0.6) is 11.5 Å². The van der Waals surface area contributed by atoms with E-state index in [4.69, 9.17) is 15.2 Å². The van der Waals surface area contributed by atoms with Crippen LogP contribution in [-0.2, 0) is 6.42 Å². The van der Waals surface area contributed by atoms with E-state index >= 15 is 0 Å². The molecule has 1 saturated carbocycles. The fraction of sp³-hybridized carbons (Fsp3) is 0.647. The molecule has 0 saturated heterocycles. The van der Waals surface area contributed by atoms with E-state index in [9.17, 15) is 0 Å². The van der Waals surface area contributed by atoms with Crippen LogP contribution in [0.3, 0.4) is 0 Å². The van der Waals surface area contributed by atoms with Gasteiger partial charge in [0.1, 0.15) is 11.5 Å². The van der Waals surface area contributed by atoms with Crippen LogP contribution >= 0.6 is 0 Å². The van der Waals surface area contributed by atoms with Crippen LogP contribution in [0.2, 0.25) is 0 Å². The van der Waals surface area contributed by atoms with Crippen molar-refractivity contribution in [2.75, 3.05) is 7.11 Å². The van der Waals surface area contributed by atoms with Gasteiger partial charge in [-0.2, -0.15) is 0 Å². The van der Waals surface area contributed by atoms with Gasteiger partial charge < -0.3 is 15.2 Å². The topological polar surface area (TPSA) is 44.5 Å². The zero-order chi connectivity index (χ0) is 14.4. The van der Waals surface area contributed by atoms with Crippen LogP contribution in [-0.4, -0.2) is 19.3 Å². The Bertz CT molecular complexity index is 409. The minimum absolute atomic E-state index is 0.124. The lowest BCUT2D eigenvalue weighted by Crippen LogP contribution is -2.20. The smallest absolute Gasteiger partial charge is 0.123 e. The van der Waals surface area contributed by atoms with Gasteiger partial charge in [-0.25, -0.2) is 0 Å². The molecule has 0 spiro atoms.